The molecule has 2 heterocycles. The number of nitrogens with one attached hydrogen (secondary N) is 1. The minimum atomic E-state index is -1.79. The summed E-state index contributed by atoms with van der Waals surface area (Å²) in [4.78, 5) is 12.9. The first kappa shape index (κ1) is 34.1. The maximum Gasteiger partial charge on any atom is 0.247 e. The molecule has 0 aromatic heterocycles. The molecule has 14 heteroatoms. The van der Waals surface area contributed by atoms with Gasteiger partial charge < -0.3 is 60.3 Å². The topological polar surface area (TPSA) is 202 Å². The molecule has 2 saturated heterocycles. The Bertz CT molecular complexity index is 1480. The molecule has 2 aromatic carbocycles. The molecule has 13 nitrogen and oxygen atoms in total. The fraction of sp³-hybridized carbons (Fsp3) is 0.469. The van der Waals surface area contributed by atoms with Gasteiger partial charge in [0.05, 0.1) is 11.7 Å². The molecule has 250 valence electrons. The summed E-state index contributed by atoms with van der Waals surface area (Å²) in [7, 11) is 0. The molecule has 0 spiro atoms. The van der Waals surface area contributed by atoms with Gasteiger partial charge in [-0.15, -0.1) is 0 Å². The third-order valence-electron chi connectivity index (χ3n) is 8.44. The molecule has 10 atom stereocenters. The molecular formula is C32H39ClN2O11. The number of amides is 1. The van der Waals surface area contributed by atoms with Crippen LogP contribution in [0.1, 0.15) is 26.3 Å². The van der Waals surface area contributed by atoms with E-state index in [1.54, 1.807) is 49.4 Å². The molecule has 0 bridgehead atoms. The van der Waals surface area contributed by atoms with E-state index in [-0.39, 0.29) is 30.4 Å². The van der Waals surface area contributed by atoms with Crippen LogP contribution in [0.5, 0.6) is 11.5 Å². The van der Waals surface area contributed by atoms with Gasteiger partial charge in [-0.3, -0.25) is 4.79 Å². The summed E-state index contributed by atoms with van der Waals surface area (Å²) in [6.45, 7) is 4.72. The van der Waals surface area contributed by atoms with Gasteiger partial charge in [0.2, 0.25) is 12.2 Å². The van der Waals surface area contributed by atoms with Crippen LogP contribution >= 0.6 is 11.6 Å². The Morgan fingerprint density at radius 3 is 2.50 bits per heavy atom. The molecule has 3 fully saturated rings. The van der Waals surface area contributed by atoms with Gasteiger partial charge in [0, 0.05) is 10.6 Å². The largest absolute Gasteiger partial charge is 0.489 e. The molecule has 1 aliphatic carbocycles. The maximum atomic E-state index is 12.9. The summed E-state index contributed by atoms with van der Waals surface area (Å²) in [6, 6.07) is 10.5. The molecule has 1 amide bonds. The van der Waals surface area contributed by atoms with Crippen molar-refractivity contribution in [2.75, 3.05) is 19.1 Å². The molecule has 2 aromatic rings. The van der Waals surface area contributed by atoms with Gasteiger partial charge in [0.15, 0.2) is 5.60 Å². The minimum absolute atomic E-state index is 0.139. The third-order valence-corrected chi connectivity index (χ3v) is 8.68. The van der Waals surface area contributed by atoms with Crippen LogP contribution in [-0.4, -0.2) is 106 Å². The summed E-state index contributed by atoms with van der Waals surface area (Å²) < 4.78 is 28.0. The van der Waals surface area contributed by atoms with Crippen LogP contribution in [0.15, 0.2) is 59.7 Å². The van der Waals surface area contributed by atoms with Gasteiger partial charge in [-0.1, -0.05) is 23.7 Å². The zero-order valence-corrected chi connectivity index (χ0v) is 26.2. The van der Waals surface area contributed by atoms with E-state index in [2.05, 4.69) is 5.32 Å². The average molecular weight is 663 g/mol. The quantitative estimate of drug-likeness (QED) is 0.114. The molecule has 0 unspecified atom stereocenters. The van der Waals surface area contributed by atoms with Crippen molar-refractivity contribution in [3.05, 3.63) is 70.3 Å². The predicted octanol–water partition coefficient (Wildman–Crippen LogP) is 0.889. The van der Waals surface area contributed by atoms with Gasteiger partial charge >= 0.3 is 0 Å². The number of nitrogen functional groups attached to an aromatic ring is 1. The van der Waals surface area contributed by atoms with Crippen molar-refractivity contribution in [1.82, 2.24) is 5.32 Å². The molecule has 8 N–H and O–H groups in total. The predicted molar refractivity (Wildman–Crippen MR) is 166 cm³/mol. The van der Waals surface area contributed by atoms with Crippen molar-refractivity contribution < 1.29 is 54.0 Å². The van der Waals surface area contributed by atoms with Gasteiger partial charge in [0.1, 0.15) is 67.6 Å². The normalized spacial score (nSPS) is 34.7. The number of carbonyl (C=O) groups is 1. The van der Waals surface area contributed by atoms with E-state index in [1.807, 2.05) is 0 Å². The first-order valence-electron chi connectivity index (χ1n) is 14.7. The molecule has 1 saturated carbocycles. The third kappa shape index (κ3) is 7.03. The molecule has 2 aliphatic heterocycles. The lowest BCUT2D eigenvalue weighted by molar-refractivity contribution is -0.155. The molecule has 46 heavy (non-hydrogen) atoms. The standard InChI is InChI=1S/C32H39ClN2O11/c1-15(9-10-42-19-6-4-5-18(33)13-19)26-29(39)32(3,41)31(46-26)45-21-8-7-17(12-20(21)34)11-16(2)30(40)35-22-23(36)25(38)28-27(24(22)37)43-14-44-28/h4-9,11-13,22-29,31,36-39,41H,10,14,34H2,1-3H3,(H,35,40)/t22-,23+,24-,25-,26-,27+,28-,29-,31-,32+/m1/s1. The monoisotopic (exact) mass is 662 g/mol. The van der Waals surface area contributed by atoms with Crippen molar-refractivity contribution in [3.8, 4) is 11.5 Å². The zero-order valence-electron chi connectivity index (χ0n) is 25.4. The SMILES string of the molecule is CC(=Cc1ccc(O[C@@H]2O[C@H](C(C)=CCOc3cccc(Cl)c3)[C@@H](O)[C@]2(C)O)c(N)c1)C(=O)N[C@@H]1[C@H](O)[C@@H](O)[C@H]2OCO[C@H]2[C@@H]1O. The summed E-state index contributed by atoms with van der Waals surface area (Å²) in [5.41, 5.74) is 6.00. The number of halogens is 1. The number of rotatable bonds is 9. The van der Waals surface area contributed by atoms with Crippen molar-refractivity contribution in [2.45, 2.75) is 81.4 Å². The zero-order chi connectivity index (χ0) is 33.3. The smallest absolute Gasteiger partial charge is 0.247 e. The second kappa shape index (κ2) is 13.9. The highest BCUT2D eigenvalue weighted by molar-refractivity contribution is 6.30. The first-order chi connectivity index (χ1) is 21.8. The second-order valence-corrected chi connectivity index (χ2v) is 12.3. The Morgan fingerprint density at radius 1 is 1.09 bits per heavy atom. The number of nitrogens with two attached hydrogens (primary N) is 1. The van der Waals surface area contributed by atoms with E-state index >= 15 is 0 Å². The summed E-state index contributed by atoms with van der Waals surface area (Å²) in [5.74, 6) is 0.166. The number of carbonyl (C=O) groups excluding carboxylic acids is 1. The van der Waals surface area contributed by atoms with Crippen LogP contribution in [0.3, 0.4) is 0 Å². The number of anilines is 1. The Hall–Kier alpha value is -3.24. The second-order valence-electron chi connectivity index (χ2n) is 11.9. The average Bonchev–Trinajstić information content (AvgIpc) is 3.59. The van der Waals surface area contributed by atoms with Crippen LogP contribution in [0.2, 0.25) is 5.02 Å². The van der Waals surface area contributed by atoms with Gasteiger partial charge in [-0.05, 0) is 74.4 Å². The molecule has 5 rings (SSSR count). The highest BCUT2D eigenvalue weighted by atomic mass is 35.5. The number of benzene rings is 2. The number of aliphatic hydroxyl groups excluding tert-OH is 4. The van der Waals surface area contributed by atoms with Gasteiger partial charge in [-0.2, -0.15) is 0 Å². The molecular weight excluding hydrogens is 624 g/mol. The highest BCUT2D eigenvalue weighted by Gasteiger charge is 2.55. The first-order valence-corrected chi connectivity index (χ1v) is 15.1. The Balaban J connectivity index is 1.21. The van der Waals surface area contributed by atoms with E-state index in [9.17, 15) is 30.3 Å². The molecule has 0 radical (unpaired) electrons. The fourth-order valence-corrected chi connectivity index (χ4v) is 5.83. The van der Waals surface area contributed by atoms with E-state index in [4.69, 9.17) is 41.0 Å². The number of hydrogen-bond donors (Lipinski definition) is 7. The summed E-state index contributed by atoms with van der Waals surface area (Å²) in [6.07, 6.45) is -6.12. The lowest BCUT2D eigenvalue weighted by atomic mass is 9.83. The number of ether oxygens (including phenoxy) is 5. The van der Waals surface area contributed by atoms with Crippen molar-refractivity contribution in [3.63, 3.8) is 0 Å². The van der Waals surface area contributed by atoms with E-state index in [0.717, 1.165) is 0 Å². The number of fused-ring (bicyclic) bond motifs is 1. The Labute approximate surface area is 270 Å². The van der Waals surface area contributed by atoms with Crippen LogP contribution < -0.4 is 20.5 Å². The summed E-state index contributed by atoms with van der Waals surface area (Å²) in [5, 5.41) is 56.5. The summed E-state index contributed by atoms with van der Waals surface area (Å²) >= 11 is 5.99. The fourth-order valence-electron chi connectivity index (χ4n) is 5.65. The van der Waals surface area contributed by atoms with Gasteiger partial charge in [-0.25, -0.2) is 0 Å². The highest BCUT2D eigenvalue weighted by Crippen LogP contribution is 2.37. The van der Waals surface area contributed by atoms with Gasteiger partial charge in [0.25, 0.3) is 0 Å². The van der Waals surface area contributed by atoms with E-state index in [0.29, 0.717) is 21.9 Å². The maximum absolute atomic E-state index is 12.9. The Morgan fingerprint density at radius 2 is 1.80 bits per heavy atom. The minimum Gasteiger partial charge on any atom is -0.489 e. The lowest BCUT2D eigenvalue weighted by Crippen LogP contribution is -2.67. The van der Waals surface area contributed by atoms with Crippen LogP contribution in [0.25, 0.3) is 6.08 Å². The van der Waals surface area contributed by atoms with Crippen LogP contribution in [-0.2, 0) is 19.0 Å². The van der Waals surface area contributed by atoms with E-state index < -0.39 is 66.6 Å². The number of hydrogen-bond acceptors (Lipinski definition) is 12. The molecule has 3 aliphatic rings. The Kier molecular flexibility index (Phi) is 10.3. The van der Waals surface area contributed by atoms with E-state index in [1.165, 1.54) is 26.0 Å². The lowest BCUT2D eigenvalue weighted by Gasteiger charge is -2.41. The number of aliphatic hydroxyl groups is 5. The van der Waals surface area contributed by atoms with Crippen molar-refractivity contribution in [1.29, 1.82) is 0 Å². The van der Waals surface area contributed by atoms with Crippen molar-refractivity contribution >= 4 is 29.3 Å². The van der Waals surface area contributed by atoms with Crippen molar-refractivity contribution in [2.24, 2.45) is 0 Å². The van der Waals surface area contributed by atoms with Crippen LogP contribution in [0, 0.1) is 0 Å². The van der Waals surface area contributed by atoms with Crippen LogP contribution in [0.4, 0.5) is 5.69 Å².